The van der Waals surface area contributed by atoms with Crippen LogP contribution in [0.4, 0.5) is 0 Å². The third kappa shape index (κ3) is 0.823. The highest BCUT2D eigenvalue weighted by molar-refractivity contribution is 6.06. The normalized spacial score (nSPS) is 14.0. The van der Waals surface area contributed by atoms with Crippen LogP contribution in [0, 0.1) is 0 Å². The highest BCUT2D eigenvalue weighted by atomic mass is 16.5. The van der Waals surface area contributed by atoms with Gasteiger partial charge in [-0.1, -0.05) is 5.16 Å². The van der Waals surface area contributed by atoms with E-state index in [1.165, 1.54) is 6.08 Å². The Labute approximate surface area is 72.2 Å². The summed E-state index contributed by atoms with van der Waals surface area (Å²) in [5.41, 5.74) is 0.658. The zero-order chi connectivity index (χ0) is 8.84. The lowest BCUT2D eigenvalue weighted by molar-refractivity contribution is -0.112. The minimum Gasteiger partial charge on any atom is -0.356 e. The number of fused-ring (bicyclic) bond motifs is 2. The van der Waals surface area contributed by atoms with Gasteiger partial charge in [0.15, 0.2) is 5.58 Å². The Bertz CT molecular complexity index is 573. The van der Waals surface area contributed by atoms with Crippen LogP contribution >= 0.6 is 0 Å². The smallest absolute Gasteiger partial charge is 0.270 e. The second-order valence-corrected chi connectivity index (χ2v) is 2.87. The number of benzene rings is 1. The second-order valence-electron chi connectivity index (χ2n) is 2.87. The van der Waals surface area contributed by atoms with Crippen LogP contribution in [-0.2, 0) is 4.79 Å². The summed E-state index contributed by atoms with van der Waals surface area (Å²) in [6.45, 7) is 0. The maximum absolute atomic E-state index is 10.9. The third-order valence-electron chi connectivity index (χ3n) is 2.01. The third-order valence-corrected chi connectivity index (χ3v) is 2.01. The average molecular weight is 172 g/mol. The summed E-state index contributed by atoms with van der Waals surface area (Å²) < 4.78 is 4.94. The summed E-state index contributed by atoms with van der Waals surface area (Å²) >= 11 is 0. The molecule has 0 aliphatic carbocycles. The van der Waals surface area contributed by atoms with Gasteiger partial charge in [-0.25, -0.2) is 4.99 Å². The SMILES string of the molecule is O=C1C=c2cc3cnoc3cc2=N1. The van der Waals surface area contributed by atoms with Crippen LogP contribution in [-0.4, -0.2) is 11.1 Å². The first-order valence-electron chi connectivity index (χ1n) is 3.82. The molecule has 0 N–H and O–H groups in total. The zero-order valence-corrected chi connectivity index (χ0v) is 6.52. The lowest BCUT2D eigenvalue weighted by Gasteiger charge is -1.83. The van der Waals surface area contributed by atoms with Crippen LogP contribution in [0.5, 0.6) is 0 Å². The molecule has 2 heterocycles. The van der Waals surface area contributed by atoms with Gasteiger partial charge in [-0.05, 0) is 6.07 Å². The van der Waals surface area contributed by atoms with E-state index >= 15 is 0 Å². The molecule has 0 radical (unpaired) electrons. The molecule has 0 atom stereocenters. The highest BCUT2D eigenvalue weighted by Crippen LogP contribution is 2.07. The topological polar surface area (TPSA) is 55.5 Å². The molecule has 1 amide bonds. The van der Waals surface area contributed by atoms with Crippen LogP contribution < -0.4 is 10.6 Å². The van der Waals surface area contributed by atoms with E-state index in [0.717, 1.165) is 10.6 Å². The summed E-state index contributed by atoms with van der Waals surface area (Å²) in [7, 11) is 0. The number of nitrogens with zero attached hydrogens (tertiary/aromatic N) is 2. The van der Waals surface area contributed by atoms with Crippen LogP contribution in [0.15, 0.2) is 27.8 Å². The van der Waals surface area contributed by atoms with Gasteiger partial charge in [0.05, 0.1) is 11.6 Å². The van der Waals surface area contributed by atoms with Crippen molar-refractivity contribution in [3.63, 3.8) is 0 Å². The van der Waals surface area contributed by atoms with Gasteiger partial charge in [-0.3, -0.25) is 4.79 Å². The van der Waals surface area contributed by atoms with Crippen LogP contribution in [0.1, 0.15) is 0 Å². The molecule has 1 aromatic carbocycles. The average Bonchev–Trinajstić information content (AvgIpc) is 2.63. The molecule has 4 nitrogen and oxygen atoms in total. The molecule has 13 heavy (non-hydrogen) atoms. The summed E-state index contributed by atoms with van der Waals surface area (Å²) in [5.74, 6) is -0.212. The molecule has 1 aliphatic heterocycles. The zero-order valence-electron chi connectivity index (χ0n) is 6.52. The molecule has 0 saturated heterocycles. The molecule has 62 valence electrons. The predicted molar refractivity (Wildman–Crippen MR) is 44.3 cm³/mol. The van der Waals surface area contributed by atoms with Crippen molar-refractivity contribution in [2.24, 2.45) is 4.99 Å². The molecule has 0 spiro atoms. The predicted octanol–water partition coefficient (Wildman–Crippen LogP) is -0.232. The molecule has 0 saturated carbocycles. The molecular weight excluding hydrogens is 168 g/mol. The summed E-state index contributed by atoms with van der Waals surface area (Å²) in [6, 6.07) is 3.56. The molecule has 1 aliphatic rings. The molecule has 2 aromatic rings. The Morgan fingerprint density at radius 3 is 3.15 bits per heavy atom. The maximum atomic E-state index is 10.9. The molecule has 3 rings (SSSR count). The number of hydrogen-bond acceptors (Lipinski definition) is 3. The van der Waals surface area contributed by atoms with Gasteiger partial charge in [0.1, 0.15) is 0 Å². The summed E-state index contributed by atoms with van der Waals surface area (Å²) in [4.78, 5) is 14.7. The number of hydrogen-bond donors (Lipinski definition) is 0. The molecule has 1 aromatic heterocycles. The minimum absolute atomic E-state index is 0.212. The Morgan fingerprint density at radius 1 is 1.31 bits per heavy atom. The lowest BCUT2D eigenvalue weighted by Crippen LogP contribution is -2.20. The monoisotopic (exact) mass is 172 g/mol. The van der Waals surface area contributed by atoms with E-state index in [0.29, 0.717) is 10.9 Å². The van der Waals surface area contributed by atoms with E-state index in [4.69, 9.17) is 4.52 Å². The Kier molecular flexibility index (Phi) is 1.02. The molecule has 0 fully saturated rings. The number of amides is 1. The fourth-order valence-corrected chi connectivity index (χ4v) is 1.42. The van der Waals surface area contributed by atoms with Crippen molar-refractivity contribution in [3.05, 3.63) is 28.9 Å². The second kappa shape index (κ2) is 2.04. The van der Waals surface area contributed by atoms with Crippen molar-refractivity contribution >= 4 is 23.0 Å². The minimum atomic E-state index is -0.212. The standard InChI is InChI=1S/C9H4N2O2/c12-9-2-5-1-6-4-10-13-8(6)3-7(5)11-9/h1-4H. The Hall–Kier alpha value is -1.97. The molecule has 0 unspecified atom stereocenters. The largest absolute Gasteiger partial charge is 0.356 e. The quantitative estimate of drug-likeness (QED) is 0.551. The van der Waals surface area contributed by atoms with Gasteiger partial charge in [0.2, 0.25) is 0 Å². The maximum Gasteiger partial charge on any atom is 0.270 e. The first kappa shape index (κ1) is 6.54. The van der Waals surface area contributed by atoms with Crippen molar-refractivity contribution in [3.8, 4) is 0 Å². The highest BCUT2D eigenvalue weighted by Gasteiger charge is 2.06. The van der Waals surface area contributed by atoms with E-state index in [2.05, 4.69) is 10.1 Å². The first-order valence-corrected chi connectivity index (χ1v) is 3.82. The van der Waals surface area contributed by atoms with Crippen molar-refractivity contribution in [2.45, 2.75) is 0 Å². The Morgan fingerprint density at radius 2 is 2.23 bits per heavy atom. The molecule has 4 heteroatoms. The van der Waals surface area contributed by atoms with Gasteiger partial charge in [-0.15, -0.1) is 0 Å². The van der Waals surface area contributed by atoms with Crippen molar-refractivity contribution in [1.82, 2.24) is 5.16 Å². The van der Waals surface area contributed by atoms with Gasteiger partial charge >= 0.3 is 0 Å². The van der Waals surface area contributed by atoms with Gasteiger partial charge in [0.25, 0.3) is 5.91 Å². The number of carbonyl (C=O) groups is 1. The molecule has 0 bridgehead atoms. The molecular formula is C9H4N2O2. The van der Waals surface area contributed by atoms with Crippen LogP contribution in [0.25, 0.3) is 17.0 Å². The summed E-state index contributed by atoms with van der Waals surface area (Å²) in [5, 5.41) is 6.03. The van der Waals surface area contributed by atoms with E-state index in [-0.39, 0.29) is 5.91 Å². The lowest BCUT2D eigenvalue weighted by atomic mass is 10.2. The van der Waals surface area contributed by atoms with Gasteiger partial charge in [0, 0.05) is 22.7 Å². The van der Waals surface area contributed by atoms with Crippen molar-refractivity contribution < 1.29 is 9.32 Å². The fraction of sp³-hybridized carbons (Fsp3) is 0. The summed E-state index contributed by atoms with van der Waals surface area (Å²) in [6.07, 6.45) is 3.12. The van der Waals surface area contributed by atoms with Gasteiger partial charge < -0.3 is 4.52 Å². The first-order chi connectivity index (χ1) is 6.33. The number of aromatic nitrogens is 1. The number of carbonyl (C=O) groups excluding carboxylic acids is 1. The fourth-order valence-electron chi connectivity index (χ4n) is 1.42. The van der Waals surface area contributed by atoms with Crippen molar-refractivity contribution in [1.29, 1.82) is 0 Å². The van der Waals surface area contributed by atoms with Gasteiger partial charge in [-0.2, -0.15) is 0 Å². The van der Waals surface area contributed by atoms with E-state index in [1.54, 1.807) is 12.3 Å². The Balaban J connectivity index is 2.60. The van der Waals surface area contributed by atoms with E-state index < -0.39 is 0 Å². The van der Waals surface area contributed by atoms with Crippen molar-refractivity contribution in [2.75, 3.05) is 0 Å². The van der Waals surface area contributed by atoms with Crippen LogP contribution in [0.3, 0.4) is 0 Å². The number of rotatable bonds is 0. The van der Waals surface area contributed by atoms with E-state index in [1.807, 2.05) is 6.07 Å². The van der Waals surface area contributed by atoms with E-state index in [9.17, 15) is 4.79 Å². The van der Waals surface area contributed by atoms with Crippen LogP contribution in [0.2, 0.25) is 0 Å².